The van der Waals surface area contributed by atoms with Crippen molar-refractivity contribution in [1.29, 1.82) is 0 Å². The second-order valence-corrected chi connectivity index (χ2v) is 10.3. The summed E-state index contributed by atoms with van der Waals surface area (Å²) in [5.74, 6) is -1.39. The molecule has 0 radical (unpaired) electrons. The maximum atomic E-state index is 12.6. The lowest BCUT2D eigenvalue weighted by molar-refractivity contribution is -0.150. The molecule has 2 aromatic rings. The number of hydrogen-bond donors (Lipinski definition) is 3. The van der Waals surface area contributed by atoms with E-state index in [-0.39, 0.29) is 43.2 Å². The minimum atomic E-state index is -1.09. The Morgan fingerprint density at radius 2 is 1.51 bits per heavy atom. The molecular formula is C28H36N2O5. The van der Waals surface area contributed by atoms with Crippen LogP contribution in [0.5, 0.6) is 0 Å². The van der Waals surface area contributed by atoms with Crippen molar-refractivity contribution in [2.45, 2.75) is 53.0 Å². The van der Waals surface area contributed by atoms with Crippen molar-refractivity contribution in [3.63, 3.8) is 0 Å². The number of amides is 2. The van der Waals surface area contributed by atoms with Crippen LogP contribution in [0.3, 0.4) is 0 Å². The monoisotopic (exact) mass is 480 g/mol. The summed E-state index contributed by atoms with van der Waals surface area (Å²) in [4.78, 5) is 36.6. The molecule has 3 rings (SSSR count). The molecule has 0 aliphatic heterocycles. The minimum Gasteiger partial charge on any atom is -0.481 e. The van der Waals surface area contributed by atoms with Crippen LogP contribution in [-0.2, 0) is 14.3 Å². The van der Waals surface area contributed by atoms with Gasteiger partial charge in [0.1, 0.15) is 6.61 Å². The van der Waals surface area contributed by atoms with Gasteiger partial charge in [0.2, 0.25) is 5.91 Å². The third kappa shape index (κ3) is 6.02. The Hall–Kier alpha value is -3.35. The van der Waals surface area contributed by atoms with Crippen molar-refractivity contribution >= 4 is 18.0 Å². The average molecular weight is 481 g/mol. The van der Waals surface area contributed by atoms with Crippen LogP contribution < -0.4 is 10.6 Å². The van der Waals surface area contributed by atoms with Crippen LogP contribution in [0, 0.1) is 17.3 Å². The zero-order valence-electron chi connectivity index (χ0n) is 21.1. The Morgan fingerprint density at radius 1 is 0.971 bits per heavy atom. The van der Waals surface area contributed by atoms with E-state index in [1.807, 2.05) is 45.0 Å². The first-order chi connectivity index (χ1) is 16.5. The Kier molecular flexibility index (Phi) is 8.20. The molecule has 0 aromatic heterocycles. The molecule has 35 heavy (non-hydrogen) atoms. The molecule has 0 bridgehead atoms. The zero-order valence-corrected chi connectivity index (χ0v) is 21.1. The number of nitrogens with one attached hydrogen (secondary N) is 2. The van der Waals surface area contributed by atoms with Gasteiger partial charge in [0, 0.05) is 24.9 Å². The van der Waals surface area contributed by atoms with Gasteiger partial charge in [-0.05, 0) is 47.9 Å². The number of rotatable bonds is 10. The van der Waals surface area contributed by atoms with E-state index >= 15 is 0 Å². The van der Waals surface area contributed by atoms with Gasteiger partial charge in [0.15, 0.2) is 0 Å². The minimum absolute atomic E-state index is 0.0121. The number of fused-ring (bicyclic) bond motifs is 3. The lowest BCUT2D eigenvalue weighted by Gasteiger charge is -2.34. The third-order valence-electron chi connectivity index (χ3n) is 6.78. The number of benzene rings is 2. The van der Waals surface area contributed by atoms with Crippen LogP contribution in [0.25, 0.3) is 11.1 Å². The highest BCUT2D eigenvalue weighted by Crippen LogP contribution is 2.44. The van der Waals surface area contributed by atoms with E-state index in [9.17, 15) is 19.5 Å². The molecule has 0 heterocycles. The van der Waals surface area contributed by atoms with E-state index in [1.54, 1.807) is 13.8 Å². The molecule has 0 spiro atoms. The molecule has 7 heteroatoms. The summed E-state index contributed by atoms with van der Waals surface area (Å²) in [6.07, 6.45) is -0.353. The van der Waals surface area contributed by atoms with Gasteiger partial charge in [-0.25, -0.2) is 4.79 Å². The fraction of sp³-hybridized carbons (Fsp3) is 0.464. The Morgan fingerprint density at radius 3 is 2.03 bits per heavy atom. The van der Waals surface area contributed by atoms with E-state index in [4.69, 9.17) is 4.74 Å². The molecule has 2 amide bonds. The van der Waals surface area contributed by atoms with E-state index < -0.39 is 23.5 Å². The summed E-state index contributed by atoms with van der Waals surface area (Å²) in [5, 5.41) is 15.1. The van der Waals surface area contributed by atoms with Crippen molar-refractivity contribution in [3.8, 4) is 11.1 Å². The summed E-state index contributed by atoms with van der Waals surface area (Å²) < 4.78 is 5.55. The second-order valence-electron chi connectivity index (χ2n) is 10.3. The van der Waals surface area contributed by atoms with Gasteiger partial charge < -0.3 is 20.5 Å². The smallest absolute Gasteiger partial charge is 0.407 e. The standard InChI is InChI=1S/C28H36N2O5/c1-17(2)25(28(4,5)26(32)33)30-24(31)14-18(3)15-29-27(34)35-16-23-21-12-8-6-10-19(21)20-11-7-9-13-22(20)23/h6-13,17-18,23,25H,14-16H2,1-5H3,(H,29,34)(H,30,31)(H,32,33). The normalized spacial score (nSPS) is 14.6. The molecule has 2 aromatic carbocycles. The van der Waals surface area contributed by atoms with E-state index in [1.165, 1.54) is 11.1 Å². The number of carboxylic acids is 1. The van der Waals surface area contributed by atoms with Crippen LogP contribution in [-0.4, -0.2) is 42.3 Å². The van der Waals surface area contributed by atoms with Gasteiger partial charge in [-0.15, -0.1) is 0 Å². The Balaban J connectivity index is 1.49. The van der Waals surface area contributed by atoms with Crippen LogP contribution in [0.2, 0.25) is 0 Å². The lowest BCUT2D eigenvalue weighted by Crippen LogP contribution is -2.52. The lowest BCUT2D eigenvalue weighted by atomic mass is 9.78. The van der Waals surface area contributed by atoms with Crippen LogP contribution >= 0.6 is 0 Å². The molecule has 1 aliphatic rings. The molecular weight excluding hydrogens is 444 g/mol. The largest absolute Gasteiger partial charge is 0.481 e. The molecule has 0 fully saturated rings. The number of carboxylic acid groups (broad SMARTS) is 1. The SMILES string of the molecule is CC(CNC(=O)OCC1c2ccccc2-c2ccccc21)CC(=O)NC(C(C)C)C(C)(C)C(=O)O. The van der Waals surface area contributed by atoms with Crippen molar-refractivity contribution in [2.24, 2.45) is 17.3 Å². The summed E-state index contributed by atoms with van der Waals surface area (Å²) >= 11 is 0. The van der Waals surface area contributed by atoms with E-state index in [0.717, 1.165) is 11.1 Å². The molecule has 188 valence electrons. The molecule has 2 atom stereocenters. The van der Waals surface area contributed by atoms with Crippen molar-refractivity contribution in [2.75, 3.05) is 13.2 Å². The summed E-state index contributed by atoms with van der Waals surface area (Å²) in [6.45, 7) is 9.37. The predicted molar refractivity (Wildman–Crippen MR) is 135 cm³/mol. The van der Waals surface area contributed by atoms with Gasteiger partial charge >= 0.3 is 12.1 Å². The van der Waals surface area contributed by atoms with E-state index in [2.05, 4.69) is 34.9 Å². The molecule has 0 saturated heterocycles. The topological polar surface area (TPSA) is 105 Å². The van der Waals surface area contributed by atoms with Crippen molar-refractivity contribution in [1.82, 2.24) is 10.6 Å². The van der Waals surface area contributed by atoms with Crippen molar-refractivity contribution < 1.29 is 24.2 Å². The number of carbonyl (C=O) groups excluding carboxylic acids is 2. The molecule has 7 nitrogen and oxygen atoms in total. The number of aliphatic carboxylic acids is 1. The second kappa shape index (κ2) is 10.9. The van der Waals surface area contributed by atoms with Gasteiger partial charge in [-0.3, -0.25) is 9.59 Å². The van der Waals surface area contributed by atoms with Crippen LogP contribution in [0.1, 0.15) is 58.1 Å². The van der Waals surface area contributed by atoms with Gasteiger partial charge in [0.05, 0.1) is 5.41 Å². The molecule has 2 unspecified atom stereocenters. The fourth-order valence-electron chi connectivity index (χ4n) is 4.84. The Bertz CT molecular complexity index is 1030. The van der Waals surface area contributed by atoms with E-state index in [0.29, 0.717) is 0 Å². The molecule has 1 aliphatic carbocycles. The third-order valence-corrected chi connectivity index (χ3v) is 6.78. The fourth-order valence-corrected chi connectivity index (χ4v) is 4.84. The maximum Gasteiger partial charge on any atom is 0.407 e. The van der Waals surface area contributed by atoms with Gasteiger partial charge in [0.25, 0.3) is 0 Å². The Labute approximate surface area is 207 Å². The number of carbonyl (C=O) groups is 3. The summed E-state index contributed by atoms with van der Waals surface area (Å²) in [5.41, 5.74) is 3.54. The van der Waals surface area contributed by atoms with Gasteiger partial charge in [-0.1, -0.05) is 69.3 Å². The highest BCUT2D eigenvalue weighted by Gasteiger charge is 2.39. The quantitative estimate of drug-likeness (QED) is 0.453. The molecule has 0 saturated carbocycles. The highest BCUT2D eigenvalue weighted by atomic mass is 16.5. The first-order valence-electron chi connectivity index (χ1n) is 12.1. The first-order valence-corrected chi connectivity index (χ1v) is 12.1. The number of ether oxygens (including phenoxy) is 1. The maximum absolute atomic E-state index is 12.6. The number of hydrogen-bond acceptors (Lipinski definition) is 4. The van der Waals surface area contributed by atoms with Crippen LogP contribution in [0.15, 0.2) is 48.5 Å². The predicted octanol–water partition coefficient (Wildman–Crippen LogP) is 4.80. The summed E-state index contributed by atoms with van der Waals surface area (Å²) in [7, 11) is 0. The highest BCUT2D eigenvalue weighted by molar-refractivity contribution is 5.80. The zero-order chi connectivity index (χ0) is 25.8. The average Bonchev–Trinajstić information content (AvgIpc) is 3.13. The van der Waals surface area contributed by atoms with Gasteiger partial charge in [-0.2, -0.15) is 0 Å². The molecule has 3 N–H and O–H groups in total. The first kappa shape index (κ1) is 26.3. The summed E-state index contributed by atoms with van der Waals surface area (Å²) in [6, 6.07) is 15.8. The van der Waals surface area contributed by atoms with Crippen LogP contribution in [0.4, 0.5) is 4.79 Å². The number of alkyl carbamates (subject to hydrolysis) is 1. The van der Waals surface area contributed by atoms with Crippen molar-refractivity contribution in [3.05, 3.63) is 59.7 Å².